The van der Waals surface area contributed by atoms with Gasteiger partial charge < -0.3 is 15.0 Å². The van der Waals surface area contributed by atoms with Gasteiger partial charge in [0.1, 0.15) is 12.1 Å². The molecule has 25 heavy (non-hydrogen) atoms. The first-order valence-corrected chi connectivity index (χ1v) is 8.56. The number of carbonyl (C=O) groups is 3. The van der Waals surface area contributed by atoms with E-state index in [-0.39, 0.29) is 18.4 Å². The third-order valence-corrected chi connectivity index (χ3v) is 4.82. The summed E-state index contributed by atoms with van der Waals surface area (Å²) in [6.45, 7) is 4.89. The molecule has 2 heterocycles. The molecule has 0 aliphatic carbocycles. The fourth-order valence-corrected chi connectivity index (χ4v) is 3.40. The van der Waals surface area contributed by atoms with Gasteiger partial charge in [-0.15, -0.1) is 0 Å². The molecule has 2 aliphatic rings. The largest absolute Gasteiger partial charge is 0.381 e. The fraction of sp³-hybridized carbons (Fsp3) is 0.500. The minimum absolute atomic E-state index is 0.255. The summed E-state index contributed by atoms with van der Waals surface area (Å²) in [4.78, 5) is 40.4. The number of likely N-dealkylation sites (N-methyl/N-ethyl adjacent to an activating group) is 1. The molecule has 0 saturated carbocycles. The quantitative estimate of drug-likeness (QED) is 0.838. The number of carbonyl (C=O) groups excluding carboxylic acids is 3. The molecule has 3 rings (SSSR count). The SMILES string of the molecule is CCN(C(=O)CN1C(=O)NC2(CCOCC2)C1=O)c1cccc(C)c1. The molecule has 1 aromatic rings. The molecule has 0 atom stereocenters. The lowest BCUT2D eigenvalue weighted by Crippen LogP contribution is -2.51. The maximum absolute atomic E-state index is 12.7. The normalized spacial score (nSPS) is 19.2. The van der Waals surface area contributed by atoms with Crippen LogP contribution in [0.1, 0.15) is 25.3 Å². The predicted molar refractivity (Wildman–Crippen MR) is 92.2 cm³/mol. The summed E-state index contributed by atoms with van der Waals surface area (Å²) in [7, 11) is 0. The summed E-state index contributed by atoms with van der Waals surface area (Å²) in [5, 5.41) is 2.77. The van der Waals surface area contributed by atoms with Gasteiger partial charge >= 0.3 is 6.03 Å². The van der Waals surface area contributed by atoms with Crippen LogP contribution in [-0.2, 0) is 14.3 Å². The number of nitrogens with zero attached hydrogens (tertiary/aromatic N) is 2. The number of anilines is 1. The minimum Gasteiger partial charge on any atom is -0.381 e. The maximum Gasteiger partial charge on any atom is 0.325 e. The van der Waals surface area contributed by atoms with Crippen LogP contribution in [0, 0.1) is 6.92 Å². The fourth-order valence-electron chi connectivity index (χ4n) is 3.40. The third kappa shape index (κ3) is 3.24. The minimum atomic E-state index is -0.907. The van der Waals surface area contributed by atoms with Crippen molar-refractivity contribution in [1.29, 1.82) is 0 Å². The zero-order chi connectivity index (χ0) is 18.0. The predicted octanol–water partition coefficient (Wildman–Crippen LogP) is 1.45. The van der Waals surface area contributed by atoms with Crippen LogP contribution < -0.4 is 10.2 Å². The number of rotatable bonds is 4. The van der Waals surface area contributed by atoms with Crippen molar-refractivity contribution in [2.24, 2.45) is 0 Å². The Morgan fingerprint density at radius 1 is 1.32 bits per heavy atom. The van der Waals surface area contributed by atoms with E-state index in [1.807, 2.05) is 38.1 Å². The van der Waals surface area contributed by atoms with Crippen LogP contribution in [0.4, 0.5) is 10.5 Å². The van der Waals surface area contributed by atoms with Crippen LogP contribution in [0.3, 0.4) is 0 Å². The van der Waals surface area contributed by atoms with Crippen LogP contribution >= 0.6 is 0 Å². The van der Waals surface area contributed by atoms with E-state index in [2.05, 4.69) is 5.32 Å². The van der Waals surface area contributed by atoms with E-state index < -0.39 is 11.6 Å². The summed E-state index contributed by atoms with van der Waals surface area (Å²) in [5.41, 5.74) is 0.899. The molecular weight excluding hydrogens is 322 g/mol. The van der Waals surface area contributed by atoms with Gasteiger partial charge in [-0.25, -0.2) is 4.79 Å². The van der Waals surface area contributed by atoms with Gasteiger partial charge in [0.15, 0.2) is 0 Å². The van der Waals surface area contributed by atoms with E-state index in [4.69, 9.17) is 4.74 Å². The second-order valence-corrected chi connectivity index (χ2v) is 6.49. The summed E-state index contributed by atoms with van der Waals surface area (Å²) in [6.07, 6.45) is 0.884. The Morgan fingerprint density at radius 2 is 2.04 bits per heavy atom. The Hall–Kier alpha value is -2.41. The van der Waals surface area contributed by atoms with Crippen molar-refractivity contribution in [3.05, 3.63) is 29.8 Å². The molecule has 134 valence electrons. The first kappa shape index (κ1) is 17.4. The highest BCUT2D eigenvalue weighted by Crippen LogP contribution is 2.28. The van der Waals surface area contributed by atoms with Gasteiger partial charge in [-0.1, -0.05) is 12.1 Å². The number of hydrogen-bond donors (Lipinski definition) is 1. The Balaban J connectivity index is 1.75. The van der Waals surface area contributed by atoms with Crippen LogP contribution in [0.2, 0.25) is 0 Å². The van der Waals surface area contributed by atoms with E-state index in [1.54, 1.807) is 4.90 Å². The van der Waals surface area contributed by atoms with Crippen molar-refractivity contribution in [3.63, 3.8) is 0 Å². The number of urea groups is 1. The Morgan fingerprint density at radius 3 is 2.68 bits per heavy atom. The molecule has 1 spiro atoms. The van der Waals surface area contributed by atoms with Gasteiger partial charge in [-0.05, 0) is 31.5 Å². The van der Waals surface area contributed by atoms with Gasteiger partial charge in [0.2, 0.25) is 5.91 Å². The number of aryl methyl sites for hydroxylation is 1. The Bertz CT molecular complexity index is 697. The summed E-state index contributed by atoms with van der Waals surface area (Å²) < 4.78 is 5.28. The van der Waals surface area contributed by atoms with Gasteiger partial charge in [0.05, 0.1) is 0 Å². The summed E-state index contributed by atoms with van der Waals surface area (Å²) in [5.74, 6) is -0.602. The number of imide groups is 1. The van der Waals surface area contributed by atoms with Crippen LogP contribution in [0.25, 0.3) is 0 Å². The van der Waals surface area contributed by atoms with Crippen LogP contribution in [0.15, 0.2) is 24.3 Å². The van der Waals surface area contributed by atoms with E-state index in [9.17, 15) is 14.4 Å². The lowest BCUT2D eigenvalue weighted by Gasteiger charge is -2.30. The molecular formula is C18H23N3O4. The molecule has 0 aromatic heterocycles. The molecule has 1 N–H and O–H groups in total. The van der Waals surface area contributed by atoms with Crippen LogP contribution in [-0.4, -0.2) is 54.6 Å². The number of hydrogen-bond acceptors (Lipinski definition) is 4. The second-order valence-electron chi connectivity index (χ2n) is 6.49. The first-order valence-electron chi connectivity index (χ1n) is 8.56. The van der Waals surface area contributed by atoms with Gasteiger partial charge in [0, 0.05) is 38.3 Å². The molecule has 0 bridgehead atoms. The molecule has 2 aliphatic heterocycles. The molecule has 2 saturated heterocycles. The van der Waals surface area contributed by atoms with Crippen molar-refractivity contribution >= 4 is 23.5 Å². The number of nitrogens with one attached hydrogen (secondary N) is 1. The molecule has 0 radical (unpaired) electrons. The van der Waals surface area contributed by atoms with Crippen molar-refractivity contribution in [1.82, 2.24) is 10.2 Å². The number of benzene rings is 1. The molecule has 7 nitrogen and oxygen atoms in total. The lowest BCUT2D eigenvalue weighted by atomic mass is 9.90. The van der Waals surface area contributed by atoms with E-state index in [0.717, 1.165) is 16.2 Å². The standard InChI is InChI=1S/C18H23N3O4/c1-3-20(14-6-4-5-13(2)11-14)15(22)12-21-16(23)18(19-17(21)24)7-9-25-10-8-18/h4-6,11H,3,7-10,12H2,1-2H3,(H,19,24). The topological polar surface area (TPSA) is 79.0 Å². The van der Waals surface area contributed by atoms with Crippen LogP contribution in [0.5, 0.6) is 0 Å². The maximum atomic E-state index is 12.7. The highest BCUT2D eigenvalue weighted by molar-refractivity contribution is 6.10. The summed E-state index contributed by atoms with van der Waals surface area (Å²) >= 11 is 0. The monoisotopic (exact) mass is 345 g/mol. The molecule has 0 unspecified atom stereocenters. The highest BCUT2D eigenvalue weighted by Gasteiger charge is 2.52. The van der Waals surface area contributed by atoms with Gasteiger partial charge in [-0.2, -0.15) is 0 Å². The average Bonchev–Trinajstić information content (AvgIpc) is 2.80. The first-order chi connectivity index (χ1) is 12.0. The van der Waals surface area contributed by atoms with Gasteiger partial charge in [-0.3, -0.25) is 14.5 Å². The second kappa shape index (κ2) is 6.84. The van der Waals surface area contributed by atoms with E-state index >= 15 is 0 Å². The lowest BCUT2D eigenvalue weighted by molar-refractivity contribution is -0.137. The number of ether oxygens (including phenoxy) is 1. The smallest absolute Gasteiger partial charge is 0.325 e. The van der Waals surface area contributed by atoms with E-state index in [0.29, 0.717) is 32.6 Å². The van der Waals surface area contributed by atoms with Crippen molar-refractivity contribution in [3.8, 4) is 0 Å². The Labute approximate surface area is 146 Å². The zero-order valence-corrected chi connectivity index (χ0v) is 14.6. The summed E-state index contributed by atoms with van der Waals surface area (Å²) in [6, 6.07) is 7.09. The highest BCUT2D eigenvalue weighted by atomic mass is 16.5. The molecule has 1 aromatic carbocycles. The molecule has 4 amide bonds. The molecule has 2 fully saturated rings. The van der Waals surface area contributed by atoms with E-state index in [1.165, 1.54) is 0 Å². The number of amides is 4. The van der Waals surface area contributed by atoms with Crippen molar-refractivity contribution < 1.29 is 19.1 Å². The third-order valence-electron chi connectivity index (χ3n) is 4.82. The Kier molecular flexibility index (Phi) is 4.76. The zero-order valence-electron chi connectivity index (χ0n) is 14.6. The molecule has 7 heteroatoms. The van der Waals surface area contributed by atoms with Crippen molar-refractivity contribution in [2.75, 3.05) is 31.2 Å². The van der Waals surface area contributed by atoms with Gasteiger partial charge in [0.25, 0.3) is 5.91 Å². The average molecular weight is 345 g/mol. The van der Waals surface area contributed by atoms with Crippen molar-refractivity contribution in [2.45, 2.75) is 32.2 Å².